The van der Waals surface area contributed by atoms with Crippen molar-refractivity contribution < 1.29 is 9.90 Å². The summed E-state index contributed by atoms with van der Waals surface area (Å²) in [5, 5.41) is 13.2. The highest BCUT2D eigenvalue weighted by molar-refractivity contribution is 6.42. The molecule has 1 aliphatic rings. The lowest BCUT2D eigenvalue weighted by Crippen LogP contribution is -2.31. The second-order valence-corrected chi connectivity index (χ2v) is 6.35. The molecule has 0 saturated heterocycles. The summed E-state index contributed by atoms with van der Waals surface area (Å²) in [5.41, 5.74) is 1.06. The number of carbonyl (C=O) groups excluding carboxylic acids is 1. The fourth-order valence-corrected chi connectivity index (χ4v) is 2.41. The second kappa shape index (κ2) is 6.79. The number of aliphatic hydroxyl groups is 1. The first-order valence-corrected chi connectivity index (χ1v) is 7.62. The highest BCUT2D eigenvalue weighted by Crippen LogP contribution is 2.44. The molecule has 20 heavy (non-hydrogen) atoms. The first-order valence-electron chi connectivity index (χ1n) is 6.86. The number of halogens is 2. The molecule has 5 heteroatoms. The number of carbonyl (C=O) groups is 1. The zero-order valence-corrected chi connectivity index (χ0v) is 12.8. The van der Waals surface area contributed by atoms with E-state index in [1.54, 1.807) is 6.07 Å². The van der Waals surface area contributed by atoms with Gasteiger partial charge in [-0.25, -0.2) is 0 Å². The Morgan fingerprint density at radius 1 is 1.30 bits per heavy atom. The van der Waals surface area contributed by atoms with Gasteiger partial charge in [0.05, 0.1) is 16.7 Å². The Morgan fingerprint density at radius 2 is 2.05 bits per heavy atom. The summed E-state index contributed by atoms with van der Waals surface area (Å²) in [6, 6.07) is 5.54. The molecule has 2 N–H and O–H groups in total. The van der Waals surface area contributed by atoms with Crippen LogP contribution < -0.4 is 5.32 Å². The Labute approximate surface area is 129 Å². The maximum Gasteiger partial charge on any atom is 0.220 e. The minimum absolute atomic E-state index is 0.0284. The Balaban J connectivity index is 1.67. The molecule has 0 bridgehead atoms. The largest absolute Gasteiger partial charge is 0.396 e. The molecular weight excluding hydrogens is 297 g/mol. The van der Waals surface area contributed by atoms with Gasteiger partial charge in [-0.3, -0.25) is 4.79 Å². The minimum atomic E-state index is -0.0284. The second-order valence-electron chi connectivity index (χ2n) is 5.54. The van der Waals surface area contributed by atoms with Gasteiger partial charge in [0.15, 0.2) is 0 Å². The van der Waals surface area contributed by atoms with Gasteiger partial charge in [-0.2, -0.15) is 0 Å². The van der Waals surface area contributed by atoms with E-state index in [1.165, 1.54) is 0 Å². The number of aliphatic hydroxyl groups excluding tert-OH is 1. The highest BCUT2D eigenvalue weighted by atomic mass is 35.5. The Bertz CT molecular complexity index is 487. The van der Waals surface area contributed by atoms with Crippen molar-refractivity contribution in [3.8, 4) is 0 Å². The summed E-state index contributed by atoms with van der Waals surface area (Å²) >= 11 is 11.8. The van der Waals surface area contributed by atoms with Crippen LogP contribution in [0.25, 0.3) is 0 Å². The van der Waals surface area contributed by atoms with Crippen LogP contribution in [0.15, 0.2) is 18.2 Å². The third-order valence-electron chi connectivity index (χ3n) is 3.81. The molecule has 1 aromatic rings. The van der Waals surface area contributed by atoms with Crippen LogP contribution in [-0.2, 0) is 11.2 Å². The van der Waals surface area contributed by atoms with Crippen LogP contribution in [-0.4, -0.2) is 24.2 Å². The van der Waals surface area contributed by atoms with Crippen molar-refractivity contribution >= 4 is 29.1 Å². The third kappa shape index (κ3) is 4.37. The molecule has 0 unspecified atom stereocenters. The summed E-state index contributed by atoms with van der Waals surface area (Å²) in [6.45, 7) is 0.756. The summed E-state index contributed by atoms with van der Waals surface area (Å²) in [6.07, 6.45) is 4.08. The fraction of sp³-hybridized carbons (Fsp3) is 0.533. The number of rotatable bonds is 7. The lowest BCUT2D eigenvalue weighted by Gasteiger charge is -2.12. The van der Waals surface area contributed by atoms with E-state index in [-0.39, 0.29) is 17.9 Å². The van der Waals surface area contributed by atoms with Crippen molar-refractivity contribution in [2.45, 2.75) is 32.1 Å². The van der Waals surface area contributed by atoms with Gasteiger partial charge in [0.1, 0.15) is 0 Å². The Kier molecular flexibility index (Phi) is 5.30. The van der Waals surface area contributed by atoms with E-state index in [9.17, 15) is 4.79 Å². The van der Waals surface area contributed by atoms with E-state index >= 15 is 0 Å². The number of hydrogen-bond acceptors (Lipinski definition) is 2. The van der Waals surface area contributed by atoms with Gasteiger partial charge < -0.3 is 10.4 Å². The van der Waals surface area contributed by atoms with Crippen molar-refractivity contribution in [1.29, 1.82) is 0 Å². The lowest BCUT2D eigenvalue weighted by atomic mass is 10.1. The quantitative estimate of drug-likeness (QED) is 0.811. The van der Waals surface area contributed by atoms with Gasteiger partial charge in [-0.15, -0.1) is 0 Å². The van der Waals surface area contributed by atoms with E-state index in [0.29, 0.717) is 23.0 Å². The molecule has 0 radical (unpaired) electrons. The number of nitrogens with one attached hydrogen (secondary N) is 1. The summed E-state index contributed by atoms with van der Waals surface area (Å²) < 4.78 is 0. The molecular formula is C15H19Cl2NO2. The average Bonchev–Trinajstić information content (AvgIpc) is 3.21. The summed E-state index contributed by atoms with van der Waals surface area (Å²) in [5.74, 6) is 0.0461. The third-order valence-corrected chi connectivity index (χ3v) is 4.55. The number of aryl methyl sites for hydroxylation is 1. The van der Waals surface area contributed by atoms with Crippen LogP contribution >= 0.6 is 23.2 Å². The molecule has 3 nitrogen and oxygen atoms in total. The first-order chi connectivity index (χ1) is 9.54. The zero-order chi connectivity index (χ0) is 14.6. The standard InChI is InChI=1S/C15H19Cl2NO2/c16-12-5-4-11(8-13(12)17)2-1-3-14(20)18-9-15(10-19)6-7-15/h4-5,8,19H,1-3,6-7,9-10H2,(H,18,20). The number of amides is 1. The van der Waals surface area contributed by atoms with Crippen LogP contribution in [0.5, 0.6) is 0 Å². The van der Waals surface area contributed by atoms with Gasteiger partial charge in [-0.05, 0) is 43.4 Å². The molecule has 110 valence electrons. The summed E-state index contributed by atoms with van der Waals surface area (Å²) in [7, 11) is 0. The van der Waals surface area contributed by atoms with Gasteiger partial charge in [0, 0.05) is 18.4 Å². The molecule has 1 amide bonds. The first kappa shape index (κ1) is 15.6. The molecule has 0 heterocycles. The van der Waals surface area contributed by atoms with E-state index in [0.717, 1.165) is 31.2 Å². The Hall–Kier alpha value is -0.770. The van der Waals surface area contributed by atoms with Crippen molar-refractivity contribution in [1.82, 2.24) is 5.32 Å². The average molecular weight is 316 g/mol. The van der Waals surface area contributed by atoms with Gasteiger partial charge >= 0.3 is 0 Å². The molecule has 1 fully saturated rings. The smallest absolute Gasteiger partial charge is 0.220 e. The van der Waals surface area contributed by atoms with Crippen molar-refractivity contribution in [2.24, 2.45) is 5.41 Å². The van der Waals surface area contributed by atoms with Gasteiger partial charge in [0.2, 0.25) is 5.91 Å². The van der Waals surface area contributed by atoms with Crippen LogP contribution in [0.2, 0.25) is 10.0 Å². The van der Waals surface area contributed by atoms with E-state index in [1.807, 2.05) is 12.1 Å². The monoisotopic (exact) mass is 315 g/mol. The molecule has 1 saturated carbocycles. The normalized spacial score (nSPS) is 15.9. The van der Waals surface area contributed by atoms with Crippen LogP contribution in [0, 0.1) is 5.41 Å². The highest BCUT2D eigenvalue weighted by Gasteiger charge is 2.41. The van der Waals surface area contributed by atoms with Gasteiger partial charge in [-0.1, -0.05) is 29.3 Å². The van der Waals surface area contributed by atoms with Crippen molar-refractivity contribution in [3.63, 3.8) is 0 Å². The molecule has 0 aromatic heterocycles. The topological polar surface area (TPSA) is 49.3 Å². The van der Waals surface area contributed by atoms with Crippen LogP contribution in [0.3, 0.4) is 0 Å². The van der Waals surface area contributed by atoms with Crippen molar-refractivity contribution in [3.05, 3.63) is 33.8 Å². The minimum Gasteiger partial charge on any atom is -0.396 e. The molecule has 1 aromatic carbocycles. The molecule has 1 aliphatic carbocycles. The summed E-state index contributed by atoms with van der Waals surface area (Å²) in [4.78, 5) is 11.7. The molecule has 0 atom stereocenters. The predicted octanol–water partition coefficient (Wildman–Crippen LogP) is 3.20. The molecule has 0 spiro atoms. The number of benzene rings is 1. The van der Waals surface area contributed by atoms with Crippen molar-refractivity contribution in [2.75, 3.05) is 13.2 Å². The van der Waals surface area contributed by atoms with E-state index < -0.39 is 0 Å². The Morgan fingerprint density at radius 3 is 2.65 bits per heavy atom. The molecule has 0 aliphatic heterocycles. The van der Waals surface area contributed by atoms with Gasteiger partial charge in [0.25, 0.3) is 0 Å². The predicted molar refractivity (Wildman–Crippen MR) is 81.2 cm³/mol. The maximum absolute atomic E-state index is 11.7. The van der Waals surface area contributed by atoms with E-state index in [2.05, 4.69) is 5.32 Å². The van der Waals surface area contributed by atoms with Crippen LogP contribution in [0.4, 0.5) is 0 Å². The SMILES string of the molecule is O=C(CCCc1ccc(Cl)c(Cl)c1)NCC1(CO)CC1. The zero-order valence-electron chi connectivity index (χ0n) is 11.3. The lowest BCUT2D eigenvalue weighted by molar-refractivity contribution is -0.121. The molecule has 2 rings (SSSR count). The van der Waals surface area contributed by atoms with Crippen LogP contribution in [0.1, 0.15) is 31.2 Å². The fourth-order valence-electron chi connectivity index (χ4n) is 2.09. The van der Waals surface area contributed by atoms with E-state index in [4.69, 9.17) is 28.3 Å². The maximum atomic E-state index is 11.7. The number of hydrogen-bond donors (Lipinski definition) is 2.